The molecule has 0 saturated heterocycles. The number of carbonyl (C=O) groups excluding carboxylic acids is 6. The van der Waals surface area contributed by atoms with Gasteiger partial charge in [0, 0.05) is 249 Å². The lowest BCUT2D eigenvalue weighted by Gasteiger charge is -2.32. The van der Waals surface area contributed by atoms with Gasteiger partial charge in [-0.15, -0.1) is 0 Å². The van der Waals surface area contributed by atoms with Crippen molar-refractivity contribution in [1.82, 2.24) is 16.0 Å². The van der Waals surface area contributed by atoms with Crippen LogP contribution >= 0.6 is 47.0 Å². The fourth-order valence-corrected chi connectivity index (χ4v) is 17.2. The van der Waals surface area contributed by atoms with Gasteiger partial charge in [-0.1, -0.05) is 66.8 Å². The van der Waals surface area contributed by atoms with E-state index in [1.165, 1.54) is 4.90 Å². The number of aliphatic carboxylic acids is 1. The van der Waals surface area contributed by atoms with Crippen molar-refractivity contribution in [3.8, 4) is 0 Å². The molecule has 25 nitrogen and oxygen atoms in total. The highest BCUT2D eigenvalue weighted by molar-refractivity contribution is 8.00. The van der Waals surface area contributed by atoms with Crippen LogP contribution in [-0.2, 0) is 29.3 Å². The van der Waals surface area contributed by atoms with Gasteiger partial charge in [-0.2, -0.15) is 0 Å². The van der Waals surface area contributed by atoms with Gasteiger partial charge in [-0.3, -0.25) is 34.0 Å². The Balaban J connectivity index is 0.000000173. The lowest BCUT2D eigenvalue weighted by atomic mass is 10.1. The molecule has 12 rings (SSSR count). The largest absolute Gasteiger partial charge is 0.748 e. The second-order valence-electron chi connectivity index (χ2n) is 28.7. The van der Waals surface area contributed by atoms with Gasteiger partial charge in [-0.25, -0.2) is 18.0 Å². The van der Waals surface area contributed by atoms with Gasteiger partial charge in [0.25, 0.3) is 0 Å². The Morgan fingerprint density at radius 3 is 0.814 bits per heavy atom. The molecule has 7 amide bonds. The molecule has 0 spiro atoms. The summed E-state index contributed by atoms with van der Waals surface area (Å²) in [6.45, 7) is 4.38. The molecule has 0 atom stereocenters. The molecule has 4 aliphatic heterocycles. The van der Waals surface area contributed by atoms with Gasteiger partial charge in [-0.05, 0) is 159 Å². The molecule has 30 heteroatoms. The third-order valence-corrected chi connectivity index (χ3v) is 23.6. The van der Waals surface area contributed by atoms with Gasteiger partial charge in [0.15, 0.2) is 0 Å². The maximum absolute atomic E-state index is 13.2. The van der Waals surface area contributed by atoms with Crippen molar-refractivity contribution < 1.29 is 46.8 Å². The molecule has 0 unspecified atom stereocenters. The number of hydrogen-bond donors (Lipinski definition) is 3. The van der Waals surface area contributed by atoms with Gasteiger partial charge in [0.05, 0.1) is 61.4 Å². The highest BCUT2D eigenvalue weighted by Gasteiger charge is 2.34. The van der Waals surface area contributed by atoms with E-state index in [0.717, 1.165) is 138 Å². The minimum atomic E-state index is -4.40. The second kappa shape index (κ2) is 38.6. The predicted molar refractivity (Wildman–Crippen MR) is 464 cm³/mol. The van der Waals surface area contributed by atoms with Crippen molar-refractivity contribution in [3.05, 3.63) is 146 Å². The molecule has 0 aliphatic carbocycles. The number of hydrogen-bond acceptors (Lipinski definition) is 22. The third-order valence-electron chi connectivity index (χ3n) is 18.6. The minimum absolute atomic E-state index is 0.0149. The zero-order chi connectivity index (χ0) is 82.4. The zero-order valence-electron chi connectivity index (χ0n) is 67.6. The maximum Gasteiger partial charge on any atom is 0.326 e. The zero-order valence-corrected chi connectivity index (χ0v) is 71.7. The first-order valence-corrected chi connectivity index (χ1v) is 41.9. The number of benzene rings is 8. The van der Waals surface area contributed by atoms with Crippen LogP contribution in [0.1, 0.15) is 58.8 Å². The van der Waals surface area contributed by atoms with E-state index in [2.05, 4.69) is 81.2 Å². The van der Waals surface area contributed by atoms with Gasteiger partial charge in [0.2, 0.25) is 17.7 Å². The molecule has 0 bridgehead atoms. The number of unbranched alkanes of at least 4 members (excludes halogenated alkanes) is 2. The van der Waals surface area contributed by atoms with Crippen LogP contribution in [0.15, 0.2) is 185 Å². The Kier molecular flexibility index (Phi) is 29.7. The van der Waals surface area contributed by atoms with Gasteiger partial charge in [0.1, 0.15) is 0 Å². The van der Waals surface area contributed by atoms with Crippen LogP contribution in [0, 0.1) is 0 Å². The van der Waals surface area contributed by atoms with Crippen molar-refractivity contribution >= 4 is 184 Å². The van der Waals surface area contributed by atoms with Gasteiger partial charge < -0.3 is 69.6 Å². The molecule has 602 valence electrons. The number of anilines is 16. The summed E-state index contributed by atoms with van der Waals surface area (Å²) in [5, 5.41) is 18.6. The number of fused-ring (bicyclic) bond motifs is 8. The third kappa shape index (κ3) is 21.8. The number of amides is 7. The van der Waals surface area contributed by atoms with E-state index in [4.69, 9.17) is 0 Å². The summed E-state index contributed by atoms with van der Waals surface area (Å²) in [6.07, 6.45) is 3.86. The van der Waals surface area contributed by atoms with Crippen LogP contribution in [0.25, 0.3) is 0 Å². The number of carboxylic acid groups (broad SMARTS) is 1. The molecule has 0 saturated carbocycles. The standard InChI is InChI=1S/C22H28N4O2S.C22H29N3OS.C20H24N4O3S.C19H24N4O4S2/c1-6-23-21(27)11-12-22(28)26-17-9-7-15(24(2)3)13-19(17)29-20-14-16(25(4)5)8-10-18(20)26;1-6-7-8-9-22(26)25-18-12-10-16(23(2)3)14-20(18)27-21-15-17(24(4)5)11-13-19(21)25;1-22(2)13-5-7-15-17(11-13)28-18-12-14(23(3)4)6-8-16(18)24(15)20(27)21-10-9-19(25)26;1-21(2)13-5-7-15-17(11-13)28-18-12-14(22(3)4)6-8-16(18)23(15)19(24)20-9-10-29(25,26)27/h7-10,13-14H,6,11-12H2,1-5H3,(H,23,27);10-15H,6-9H2,1-5H3;5-8,11-12H,9-10H2,1-4H3,(H,21,27)(H,25,26);5-8,11-12H,9-10H2,1-4H3,(H,20,24)(H,25,26,27)/p-2. The molecule has 4 aliphatic rings. The normalized spacial score (nSPS) is 12.3. The Labute approximate surface area is 682 Å². The molecule has 3 N–H and O–H groups in total. The summed E-state index contributed by atoms with van der Waals surface area (Å²) in [7, 11) is 27.4. The number of carbonyl (C=O) groups is 6. The average molecular weight is 1630 g/mol. The Hall–Kier alpha value is -10.1. The van der Waals surface area contributed by atoms with Crippen molar-refractivity contribution in [2.24, 2.45) is 0 Å². The van der Waals surface area contributed by atoms with Crippen molar-refractivity contribution in [2.75, 3.05) is 197 Å². The van der Waals surface area contributed by atoms with Crippen molar-refractivity contribution in [2.45, 2.75) is 98.0 Å². The Bertz CT molecular complexity index is 4690. The Morgan fingerprint density at radius 2 is 0.584 bits per heavy atom. The summed E-state index contributed by atoms with van der Waals surface area (Å²) in [5.41, 5.74) is 15.2. The van der Waals surface area contributed by atoms with Crippen LogP contribution < -0.4 is 79.9 Å². The molecular formula is C83H103N15O10S5-2. The van der Waals surface area contributed by atoms with E-state index >= 15 is 0 Å². The number of nitrogens with zero attached hydrogens (tertiary/aromatic N) is 12. The number of urea groups is 2. The van der Waals surface area contributed by atoms with Crippen LogP contribution in [-0.4, -0.2) is 187 Å². The lowest BCUT2D eigenvalue weighted by Crippen LogP contribution is -2.40. The molecule has 0 fully saturated rings. The molecule has 0 radical (unpaired) electrons. The first-order chi connectivity index (χ1) is 53.6. The van der Waals surface area contributed by atoms with Crippen molar-refractivity contribution in [3.63, 3.8) is 0 Å². The van der Waals surface area contributed by atoms with Crippen LogP contribution in [0.2, 0.25) is 0 Å². The van der Waals surface area contributed by atoms with Crippen LogP contribution in [0.3, 0.4) is 0 Å². The minimum Gasteiger partial charge on any atom is -0.748 e. The van der Waals surface area contributed by atoms with Gasteiger partial charge >= 0.3 is 12.1 Å². The second-order valence-corrected chi connectivity index (χ2v) is 34.5. The molecule has 113 heavy (non-hydrogen) atoms. The topological polar surface area (TPSA) is 258 Å². The number of carboxylic acids is 1. The summed E-state index contributed by atoms with van der Waals surface area (Å²) in [4.78, 5) is 106. The molecule has 8 aromatic rings. The Morgan fingerprint density at radius 1 is 0.336 bits per heavy atom. The smallest absolute Gasteiger partial charge is 0.326 e. The van der Waals surface area contributed by atoms with E-state index in [1.807, 2.05) is 251 Å². The fourth-order valence-electron chi connectivity index (χ4n) is 12.3. The first kappa shape index (κ1) is 86.9. The highest BCUT2D eigenvalue weighted by Crippen LogP contribution is 2.55. The van der Waals surface area contributed by atoms with E-state index in [0.29, 0.717) is 24.3 Å². The summed E-state index contributed by atoms with van der Waals surface area (Å²) in [6, 6.07) is 47.5. The van der Waals surface area contributed by atoms with E-state index < -0.39 is 27.9 Å². The molecule has 8 aromatic carbocycles. The average Bonchev–Trinajstić information content (AvgIpc) is 0.776. The van der Waals surface area contributed by atoms with Crippen LogP contribution in [0.4, 0.5) is 101 Å². The monoisotopic (exact) mass is 1630 g/mol. The quantitative estimate of drug-likeness (QED) is 0.0421. The summed E-state index contributed by atoms with van der Waals surface area (Å²) in [5.74, 6) is -1.84. The first-order valence-electron chi connectivity index (χ1n) is 37.0. The summed E-state index contributed by atoms with van der Waals surface area (Å²) >= 11 is 6.61. The highest BCUT2D eigenvalue weighted by atomic mass is 32.2. The van der Waals surface area contributed by atoms with Crippen molar-refractivity contribution in [1.29, 1.82) is 0 Å². The molecular weight excluding hydrogens is 1530 g/mol. The number of rotatable bonds is 22. The van der Waals surface area contributed by atoms with E-state index in [-0.39, 0.29) is 56.1 Å². The molecule has 4 heterocycles. The fraction of sp³-hybridized carbons (Fsp3) is 0.349. The predicted octanol–water partition coefficient (Wildman–Crippen LogP) is 14.3. The summed E-state index contributed by atoms with van der Waals surface area (Å²) < 4.78 is 32.6. The van der Waals surface area contributed by atoms with E-state index in [9.17, 15) is 46.8 Å². The van der Waals surface area contributed by atoms with Crippen LogP contribution in [0.5, 0.6) is 0 Å². The number of nitrogens with one attached hydrogen (secondary N) is 3. The molecule has 0 aromatic heterocycles. The van der Waals surface area contributed by atoms with E-state index in [1.54, 1.807) is 56.8 Å². The maximum atomic E-state index is 13.2. The lowest BCUT2D eigenvalue weighted by molar-refractivity contribution is -0.305. The SMILES string of the molecule is CCCCCC(=O)N1c2ccc(N(C)C)cc2Sc2cc(N(C)C)ccc21.CCNC(=O)CCC(=O)N1c2ccc(N(C)C)cc2Sc2cc(N(C)C)ccc21.CN(C)c1ccc2c(c1)Sc1cc(N(C)C)ccc1N2C(=O)NCCC(=O)[O-].CN(C)c1ccc2c(c1)Sc1cc(N(C)C)ccc1N2C(=O)NCCS(=O)(=O)[O-].